The van der Waals surface area contributed by atoms with Crippen molar-refractivity contribution >= 4 is 23.8 Å². The van der Waals surface area contributed by atoms with Crippen molar-refractivity contribution in [2.24, 2.45) is 0 Å². The van der Waals surface area contributed by atoms with Gasteiger partial charge < -0.3 is 24.9 Å². The molecule has 0 amide bonds. The standard InChI is InChI=1S/C19H19N3O3.C3H6O/c1-20-17-6-4-14(12-16(17)19(23)24)2-3-15-5-7-18(21-13-15)22-8-10-25-11-9-22;1-2-3-4/h4-7,12-13,20H,8-11H2,1H3,(H,23,24);3H,2H2,1H3. The van der Waals surface area contributed by atoms with E-state index in [0.29, 0.717) is 17.7 Å². The second kappa shape index (κ2) is 11.5. The van der Waals surface area contributed by atoms with Gasteiger partial charge in [-0.25, -0.2) is 9.78 Å². The molecule has 29 heavy (non-hydrogen) atoms. The third kappa shape index (κ3) is 6.63. The second-order valence-electron chi connectivity index (χ2n) is 6.14. The molecule has 2 aromatic rings. The number of carbonyl (C=O) groups is 2. The van der Waals surface area contributed by atoms with Gasteiger partial charge in [0.15, 0.2) is 0 Å². The van der Waals surface area contributed by atoms with Crippen LogP contribution in [-0.2, 0) is 9.53 Å². The molecule has 7 nitrogen and oxygen atoms in total. The summed E-state index contributed by atoms with van der Waals surface area (Å²) in [7, 11) is 1.69. The number of hydrogen-bond acceptors (Lipinski definition) is 6. The Morgan fingerprint density at radius 1 is 1.24 bits per heavy atom. The van der Waals surface area contributed by atoms with E-state index in [4.69, 9.17) is 4.74 Å². The number of carbonyl (C=O) groups excluding carboxylic acids is 1. The molecule has 1 aromatic carbocycles. The van der Waals surface area contributed by atoms with Crippen LogP contribution in [0, 0.1) is 11.8 Å². The van der Waals surface area contributed by atoms with E-state index in [1.165, 1.54) is 0 Å². The number of benzene rings is 1. The fourth-order valence-electron chi connectivity index (χ4n) is 2.60. The summed E-state index contributed by atoms with van der Waals surface area (Å²) in [5.41, 5.74) is 2.20. The molecule has 2 heterocycles. The number of hydrogen-bond donors (Lipinski definition) is 2. The van der Waals surface area contributed by atoms with Gasteiger partial charge in [-0.05, 0) is 30.3 Å². The molecule has 0 unspecified atom stereocenters. The van der Waals surface area contributed by atoms with E-state index < -0.39 is 5.97 Å². The van der Waals surface area contributed by atoms with E-state index in [2.05, 4.69) is 27.0 Å². The van der Waals surface area contributed by atoms with Crippen LogP contribution in [0.25, 0.3) is 0 Å². The Balaban J connectivity index is 0.000000687. The normalized spacial score (nSPS) is 12.7. The number of carboxylic acid groups (broad SMARTS) is 1. The van der Waals surface area contributed by atoms with Crippen LogP contribution >= 0.6 is 0 Å². The third-order valence-electron chi connectivity index (χ3n) is 4.12. The minimum atomic E-state index is -0.982. The topological polar surface area (TPSA) is 91.8 Å². The molecule has 152 valence electrons. The highest BCUT2D eigenvalue weighted by Crippen LogP contribution is 2.17. The van der Waals surface area contributed by atoms with Crippen LogP contribution in [0.5, 0.6) is 0 Å². The maximum absolute atomic E-state index is 11.3. The number of aromatic carboxylic acids is 1. The minimum absolute atomic E-state index is 0.204. The highest BCUT2D eigenvalue weighted by Gasteiger charge is 2.12. The first-order valence-corrected chi connectivity index (χ1v) is 9.38. The van der Waals surface area contributed by atoms with Gasteiger partial charge in [-0.2, -0.15) is 0 Å². The van der Waals surface area contributed by atoms with Crippen molar-refractivity contribution in [3.63, 3.8) is 0 Å². The molecule has 1 aliphatic rings. The number of anilines is 2. The van der Waals surface area contributed by atoms with Gasteiger partial charge in [0.1, 0.15) is 12.1 Å². The minimum Gasteiger partial charge on any atom is -0.478 e. The zero-order valence-electron chi connectivity index (χ0n) is 16.6. The van der Waals surface area contributed by atoms with Gasteiger partial charge in [-0.1, -0.05) is 18.8 Å². The van der Waals surface area contributed by atoms with Crippen LogP contribution in [0.3, 0.4) is 0 Å². The fraction of sp³-hybridized carbons (Fsp3) is 0.318. The number of aldehydes is 1. The molecule has 1 fully saturated rings. The highest BCUT2D eigenvalue weighted by molar-refractivity contribution is 5.94. The molecule has 0 radical (unpaired) electrons. The lowest BCUT2D eigenvalue weighted by molar-refractivity contribution is -0.107. The van der Waals surface area contributed by atoms with Crippen LogP contribution in [0.2, 0.25) is 0 Å². The van der Waals surface area contributed by atoms with E-state index in [1.54, 1.807) is 31.4 Å². The van der Waals surface area contributed by atoms with Gasteiger partial charge in [0.05, 0.1) is 18.8 Å². The summed E-state index contributed by atoms with van der Waals surface area (Å²) in [6.45, 7) is 4.93. The van der Waals surface area contributed by atoms with E-state index in [1.807, 2.05) is 19.1 Å². The molecular weight excluding hydrogens is 370 g/mol. The smallest absolute Gasteiger partial charge is 0.337 e. The molecule has 0 spiro atoms. The second-order valence-corrected chi connectivity index (χ2v) is 6.14. The molecule has 7 heteroatoms. The molecule has 0 aliphatic carbocycles. The van der Waals surface area contributed by atoms with Crippen LogP contribution < -0.4 is 10.2 Å². The molecule has 1 saturated heterocycles. The fourth-order valence-corrected chi connectivity index (χ4v) is 2.60. The zero-order valence-corrected chi connectivity index (χ0v) is 16.6. The Hall–Kier alpha value is -3.37. The number of morpholine rings is 1. The number of rotatable bonds is 4. The number of carboxylic acids is 1. The number of aromatic nitrogens is 1. The summed E-state index contributed by atoms with van der Waals surface area (Å²) >= 11 is 0. The van der Waals surface area contributed by atoms with Gasteiger partial charge in [0, 0.05) is 49.6 Å². The monoisotopic (exact) mass is 395 g/mol. The lowest BCUT2D eigenvalue weighted by Gasteiger charge is -2.27. The van der Waals surface area contributed by atoms with Gasteiger partial charge in [-0.3, -0.25) is 0 Å². The van der Waals surface area contributed by atoms with Crippen LogP contribution in [0.4, 0.5) is 11.5 Å². The maximum atomic E-state index is 11.3. The van der Waals surface area contributed by atoms with Crippen molar-refractivity contribution in [3.8, 4) is 11.8 Å². The highest BCUT2D eigenvalue weighted by atomic mass is 16.5. The van der Waals surface area contributed by atoms with Crippen molar-refractivity contribution < 1.29 is 19.4 Å². The van der Waals surface area contributed by atoms with E-state index in [9.17, 15) is 14.7 Å². The van der Waals surface area contributed by atoms with Crippen LogP contribution in [-0.4, -0.2) is 55.7 Å². The van der Waals surface area contributed by atoms with Crippen molar-refractivity contribution in [2.75, 3.05) is 43.6 Å². The molecular formula is C22H25N3O4. The molecule has 0 bridgehead atoms. The summed E-state index contributed by atoms with van der Waals surface area (Å²) in [6.07, 6.45) is 3.25. The van der Waals surface area contributed by atoms with Crippen LogP contribution in [0.15, 0.2) is 36.5 Å². The predicted molar refractivity (Wildman–Crippen MR) is 113 cm³/mol. The Morgan fingerprint density at radius 3 is 2.45 bits per heavy atom. The van der Waals surface area contributed by atoms with Crippen molar-refractivity contribution in [1.82, 2.24) is 4.98 Å². The van der Waals surface area contributed by atoms with Gasteiger partial charge in [-0.15, -0.1) is 0 Å². The predicted octanol–water partition coefficient (Wildman–Crippen LogP) is 2.65. The Labute approximate surface area is 170 Å². The number of pyridine rings is 1. The summed E-state index contributed by atoms with van der Waals surface area (Å²) in [5.74, 6) is 5.95. The quantitative estimate of drug-likeness (QED) is 0.607. The van der Waals surface area contributed by atoms with E-state index in [0.717, 1.165) is 44.0 Å². The van der Waals surface area contributed by atoms with Gasteiger partial charge >= 0.3 is 5.97 Å². The molecule has 1 aromatic heterocycles. The maximum Gasteiger partial charge on any atom is 0.337 e. The summed E-state index contributed by atoms with van der Waals surface area (Å²) in [6, 6.07) is 8.94. The number of ether oxygens (including phenoxy) is 1. The Morgan fingerprint density at radius 2 is 1.90 bits per heavy atom. The number of nitrogens with one attached hydrogen (secondary N) is 1. The molecule has 2 N–H and O–H groups in total. The number of nitrogens with zero attached hydrogens (tertiary/aromatic N) is 2. The average Bonchev–Trinajstić information content (AvgIpc) is 2.78. The first-order valence-electron chi connectivity index (χ1n) is 9.38. The largest absolute Gasteiger partial charge is 0.478 e. The van der Waals surface area contributed by atoms with Gasteiger partial charge in [0.25, 0.3) is 0 Å². The lowest BCUT2D eigenvalue weighted by atomic mass is 10.1. The first kappa shape index (κ1) is 21.9. The van der Waals surface area contributed by atoms with Crippen molar-refractivity contribution in [2.45, 2.75) is 13.3 Å². The van der Waals surface area contributed by atoms with E-state index in [-0.39, 0.29) is 5.56 Å². The molecule has 0 saturated carbocycles. The summed E-state index contributed by atoms with van der Waals surface area (Å²) in [4.78, 5) is 27.1. The van der Waals surface area contributed by atoms with Crippen LogP contribution in [0.1, 0.15) is 34.8 Å². The Kier molecular flexibility index (Phi) is 8.67. The SMILES string of the molecule is CCC=O.CNc1ccc(C#Cc2ccc(N3CCOCC3)nc2)cc1C(=O)O. The first-order chi connectivity index (χ1) is 14.1. The van der Waals surface area contributed by atoms with E-state index >= 15 is 0 Å². The molecule has 0 atom stereocenters. The van der Waals surface area contributed by atoms with Crippen molar-refractivity contribution in [3.05, 3.63) is 53.2 Å². The van der Waals surface area contributed by atoms with Gasteiger partial charge in [0.2, 0.25) is 0 Å². The summed E-state index contributed by atoms with van der Waals surface area (Å²) < 4.78 is 5.34. The third-order valence-corrected chi connectivity index (χ3v) is 4.12. The average molecular weight is 395 g/mol. The Bertz CT molecular complexity index is 879. The summed E-state index contributed by atoms with van der Waals surface area (Å²) in [5, 5.41) is 12.1. The molecule has 3 rings (SSSR count). The zero-order chi connectivity index (χ0) is 21.1. The van der Waals surface area contributed by atoms with Crippen molar-refractivity contribution in [1.29, 1.82) is 0 Å². The molecule has 1 aliphatic heterocycles. The lowest BCUT2D eigenvalue weighted by Crippen LogP contribution is -2.36.